The number of fused-ring (bicyclic) bond motifs is 1. The highest BCUT2D eigenvalue weighted by atomic mass is 19.1. The van der Waals surface area contributed by atoms with Gasteiger partial charge in [-0.15, -0.1) is 0 Å². The van der Waals surface area contributed by atoms with Crippen molar-refractivity contribution in [3.63, 3.8) is 0 Å². The molecule has 31 heavy (non-hydrogen) atoms. The number of hydrogen-bond acceptors (Lipinski definition) is 6. The first kappa shape index (κ1) is 20.1. The van der Waals surface area contributed by atoms with Gasteiger partial charge in [0.1, 0.15) is 11.6 Å². The first-order valence-electron chi connectivity index (χ1n) is 10.8. The molecule has 0 radical (unpaired) electrons. The third kappa shape index (κ3) is 4.20. The molecule has 1 saturated heterocycles. The summed E-state index contributed by atoms with van der Waals surface area (Å²) in [6.45, 7) is 5.62. The number of urea groups is 1. The number of halogens is 1. The van der Waals surface area contributed by atoms with Crippen LogP contribution in [0.15, 0.2) is 18.2 Å². The number of amides is 2. The number of carbonyl (C=O) groups is 1. The quantitative estimate of drug-likeness (QED) is 0.782. The number of hydrogen-bond donors (Lipinski definition) is 2. The van der Waals surface area contributed by atoms with E-state index in [9.17, 15) is 4.79 Å². The molecule has 8 nitrogen and oxygen atoms in total. The van der Waals surface area contributed by atoms with Crippen molar-refractivity contribution in [1.29, 1.82) is 0 Å². The SMILES string of the molecule is CC1COCCN1c1nc(-c2ccc(NC(=O)NC3CC3)cc2F)nc2c1CN(C)C2. The van der Waals surface area contributed by atoms with Crippen molar-refractivity contribution in [3.8, 4) is 11.4 Å². The van der Waals surface area contributed by atoms with Crippen molar-refractivity contribution >= 4 is 17.5 Å². The second kappa shape index (κ2) is 8.05. The number of nitrogens with zero attached hydrogens (tertiary/aromatic N) is 4. The Labute approximate surface area is 180 Å². The standard InChI is InChI=1S/C22H27FN6O2/c1-13-12-31-8-7-29(13)21-17-10-28(2)11-19(17)26-20(27-21)16-6-5-15(9-18(16)23)25-22(30)24-14-3-4-14/h5-6,9,13-14H,3-4,7-8,10-12H2,1-2H3,(H2,24,25,30). The van der Waals surface area contributed by atoms with E-state index in [1.807, 2.05) is 7.05 Å². The maximum Gasteiger partial charge on any atom is 0.319 e. The molecule has 3 heterocycles. The van der Waals surface area contributed by atoms with Crippen LogP contribution in [-0.2, 0) is 17.8 Å². The third-order valence-corrected chi connectivity index (χ3v) is 5.94. The van der Waals surface area contributed by atoms with Crippen LogP contribution in [0.3, 0.4) is 0 Å². The van der Waals surface area contributed by atoms with Crippen LogP contribution in [0.4, 0.5) is 20.7 Å². The van der Waals surface area contributed by atoms with Gasteiger partial charge in [-0.1, -0.05) is 0 Å². The van der Waals surface area contributed by atoms with Gasteiger partial charge in [-0.2, -0.15) is 0 Å². The Hall–Kier alpha value is -2.78. The zero-order chi connectivity index (χ0) is 21.5. The van der Waals surface area contributed by atoms with Crippen LogP contribution < -0.4 is 15.5 Å². The van der Waals surface area contributed by atoms with Crippen molar-refractivity contribution in [1.82, 2.24) is 20.2 Å². The van der Waals surface area contributed by atoms with Gasteiger partial charge in [0.25, 0.3) is 0 Å². The fraction of sp³-hybridized carbons (Fsp3) is 0.500. The molecule has 1 saturated carbocycles. The number of anilines is 2. The fourth-order valence-electron chi connectivity index (χ4n) is 4.15. The number of nitrogens with one attached hydrogen (secondary N) is 2. The summed E-state index contributed by atoms with van der Waals surface area (Å²) in [6.07, 6.45) is 1.99. The summed E-state index contributed by atoms with van der Waals surface area (Å²) in [4.78, 5) is 25.9. The monoisotopic (exact) mass is 426 g/mol. The number of ether oxygens (including phenoxy) is 1. The van der Waals surface area contributed by atoms with Crippen LogP contribution in [0, 0.1) is 5.82 Å². The van der Waals surface area contributed by atoms with Gasteiger partial charge in [0, 0.05) is 36.9 Å². The Morgan fingerprint density at radius 2 is 2.10 bits per heavy atom. The van der Waals surface area contributed by atoms with Crippen molar-refractivity contribution in [2.24, 2.45) is 0 Å². The van der Waals surface area contributed by atoms with E-state index in [0.717, 1.165) is 43.0 Å². The van der Waals surface area contributed by atoms with Gasteiger partial charge in [0.2, 0.25) is 0 Å². The smallest absolute Gasteiger partial charge is 0.319 e. The molecule has 1 aliphatic carbocycles. The van der Waals surface area contributed by atoms with Gasteiger partial charge in [-0.3, -0.25) is 4.90 Å². The minimum atomic E-state index is -0.462. The largest absolute Gasteiger partial charge is 0.377 e. The molecule has 2 fully saturated rings. The molecule has 3 aliphatic rings. The third-order valence-electron chi connectivity index (χ3n) is 5.94. The van der Waals surface area contributed by atoms with Gasteiger partial charge < -0.3 is 20.3 Å². The Balaban J connectivity index is 1.46. The Morgan fingerprint density at radius 1 is 1.26 bits per heavy atom. The van der Waals surface area contributed by atoms with Crippen LogP contribution in [0.25, 0.3) is 11.4 Å². The summed E-state index contributed by atoms with van der Waals surface area (Å²) >= 11 is 0. The Bertz CT molecular complexity index is 1010. The molecule has 5 rings (SSSR count). The summed E-state index contributed by atoms with van der Waals surface area (Å²) in [5.41, 5.74) is 2.78. The number of rotatable bonds is 4. The van der Waals surface area contributed by atoms with Crippen LogP contribution >= 0.6 is 0 Å². The van der Waals surface area contributed by atoms with Crippen molar-refractivity contribution in [3.05, 3.63) is 35.3 Å². The average molecular weight is 426 g/mol. The molecule has 2 amide bonds. The first-order chi connectivity index (χ1) is 15.0. The van der Waals surface area contributed by atoms with Gasteiger partial charge in [-0.05, 0) is 45.0 Å². The molecule has 2 aromatic rings. The molecular formula is C22H27FN6O2. The zero-order valence-electron chi connectivity index (χ0n) is 17.8. The summed E-state index contributed by atoms with van der Waals surface area (Å²) in [5, 5.41) is 5.52. The van der Waals surface area contributed by atoms with Crippen molar-refractivity contribution in [2.45, 2.75) is 44.9 Å². The Kier molecular flexibility index (Phi) is 5.23. The zero-order valence-corrected chi connectivity index (χ0v) is 17.8. The maximum atomic E-state index is 15.0. The van der Waals surface area contributed by atoms with E-state index in [4.69, 9.17) is 14.7 Å². The lowest BCUT2D eigenvalue weighted by Crippen LogP contribution is -2.44. The van der Waals surface area contributed by atoms with Gasteiger partial charge in [0.15, 0.2) is 5.82 Å². The van der Waals surface area contributed by atoms with E-state index >= 15 is 4.39 Å². The average Bonchev–Trinajstić information content (AvgIpc) is 3.45. The lowest BCUT2D eigenvalue weighted by atomic mass is 10.1. The number of morpholine rings is 1. The molecule has 0 bridgehead atoms. The summed E-state index contributed by atoms with van der Waals surface area (Å²) < 4.78 is 20.6. The summed E-state index contributed by atoms with van der Waals surface area (Å²) in [7, 11) is 2.04. The fourth-order valence-corrected chi connectivity index (χ4v) is 4.15. The normalized spacial score (nSPS) is 21.1. The molecule has 1 aromatic carbocycles. The molecule has 9 heteroatoms. The van der Waals surface area contributed by atoms with Crippen LogP contribution in [0.5, 0.6) is 0 Å². The van der Waals surface area contributed by atoms with Crippen LogP contribution in [0.2, 0.25) is 0 Å². The Morgan fingerprint density at radius 3 is 2.84 bits per heavy atom. The van der Waals surface area contributed by atoms with Crippen molar-refractivity contribution in [2.75, 3.05) is 37.0 Å². The molecule has 2 aliphatic heterocycles. The van der Waals surface area contributed by atoms with Crippen molar-refractivity contribution < 1.29 is 13.9 Å². The maximum absolute atomic E-state index is 15.0. The van der Waals surface area contributed by atoms with E-state index in [1.54, 1.807) is 12.1 Å². The highest BCUT2D eigenvalue weighted by molar-refractivity contribution is 5.90. The first-order valence-corrected chi connectivity index (χ1v) is 10.8. The second-order valence-electron chi connectivity index (χ2n) is 8.65. The summed E-state index contributed by atoms with van der Waals surface area (Å²) in [5.74, 6) is 0.774. The lowest BCUT2D eigenvalue weighted by molar-refractivity contribution is 0.0984. The summed E-state index contributed by atoms with van der Waals surface area (Å²) in [6, 6.07) is 4.76. The topological polar surface area (TPSA) is 82.6 Å². The molecule has 0 spiro atoms. The van der Waals surface area contributed by atoms with E-state index in [2.05, 4.69) is 27.4 Å². The van der Waals surface area contributed by atoms with E-state index in [1.165, 1.54) is 6.07 Å². The lowest BCUT2D eigenvalue weighted by Gasteiger charge is -2.35. The predicted octanol–water partition coefficient (Wildman–Crippen LogP) is 2.74. The van der Waals surface area contributed by atoms with Gasteiger partial charge in [-0.25, -0.2) is 19.2 Å². The molecule has 164 valence electrons. The number of aromatic nitrogens is 2. The number of carbonyl (C=O) groups excluding carboxylic acids is 1. The van der Waals surface area contributed by atoms with E-state index in [-0.39, 0.29) is 18.1 Å². The highest BCUT2D eigenvalue weighted by Gasteiger charge is 2.30. The predicted molar refractivity (Wildman–Crippen MR) is 115 cm³/mol. The highest BCUT2D eigenvalue weighted by Crippen LogP contribution is 2.33. The molecule has 1 unspecified atom stereocenters. The minimum Gasteiger partial charge on any atom is -0.377 e. The van der Waals surface area contributed by atoms with E-state index in [0.29, 0.717) is 36.8 Å². The van der Waals surface area contributed by atoms with Gasteiger partial charge in [0.05, 0.1) is 30.5 Å². The van der Waals surface area contributed by atoms with Gasteiger partial charge >= 0.3 is 6.03 Å². The van der Waals surface area contributed by atoms with E-state index < -0.39 is 5.82 Å². The molecule has 2 N–H and O–H groups in total. The van der Waals surface area contributed by atoms with Crippen LogP contribution in [-0.4, -0.2) is 59.8 Å². The number of benzene rings is 1. The molecule has 1 aromatic heterocycles. The molecular weight excluding hydrogens is 399 g/mol. The second-order valence-corrected chi connectivity index (χ2v) is 8.65. The van der Waals surface area contributed by atoms with Crippen LogP contribution in [0.1, 0.15) is 31.0 Å². The minimum absolute atomic E-state index is 0.188. The molecule has 1 atom stereocenters.